The Morgan fingerprint density at radius 3 is 2.74 bits per heavy atom. The molecule has 0 aliphatic carbocycles. The molecular formula is C32H30F2N4O5. The van der Waals surface area contributed by atoms with Crippen LogP contribution in [0.4, 0.5) is 13.6 Å². The van der Waals surface area contributed by atoms with Crippen molar-refractivity contribution >= 4 is 22.6 Å². The molecule has 0 spiro atoms. The molecule has 3 aromatic heterocycles. The van der Waals surface area contributed by atoms with E-state index >= 15 is 4.39 Å². The number of fused-ring (bicyclic) bond motifs is 2. The number of rotatable bonds is 9. The van der Waals surface area contributed by atoms with Crippen molar-refractivity contribution in [2.75, 3.05) is 33.4 Å². The first-order valence-electron chi connectivity index (χ1n) is 13.9. The van der Waals surface area contributed by atoms with Crippen molar-refractivity contribution in [3.63, 3.8) is 0 Å². The van der Waals surface area contributed by atoms with Gasteiger partial charge in [0, 0.05) is 43.8 Å². The SMILES string of the molecule is COCCOc1ccn2c(-c3ccc4cc(F)cc(O[C@H]5CCN(C(=O)OCc6ccccc6)C[C@H]5F)c4n3)cnc2c1. The van der Waals surface area contributed by atoms with Crippen molar-refractivity contribution in [1.82, 2.24) is 19.3 Å². The minimum atomic E-state index is -1.50. The maximum absolute atomic E-state index is 15.3. The van der Waals surface area contributed by atoms with E-state index in [4.69, 9.17) is 23.9 Å². The third-order valence-electron chi connectivity index (χ3n) is 7.25. The summed E-state index contributed by atoms with van der Waals surface area (Å²) in [5.74, 6) is 0.271. The Kier molecular flexibility index (Phi) is 8.32. The van der Waals surface area contributed by atoms with Gasteiger partial charge in [0.15, 0.2) is 6.17 Å². The van der Waals surface area contributed by atoms with Gasteiger partial charge < -0.3 is 23.8 Å². The molecule has 2 aromatic carbocycles. The maximum Gasteiger partial charge on any atom is 0.410 e. The Hall–Kier alpha value is -4.77. The van der Waals surface area contributed by atoms with Gasteiger partial charge in [0.25, 0.3) is 0 Å². The highest BCUT2D eigenvalue weighted by molar-refractivity contribution is 5.87. The summed E-state index contributed by atoms with van der Waals surface area (Å²) in [4.78, 5) is 23.1. The lowest BCUT2D eigenvalue weighted by atomic mass is 10.1. The summed E-state index contributed by atoms with van der Waals surface area (Å²) >= 11 is 0. The molecule has 1 aliphatic rings. The summed E-state index contributed by atoms with van der Waals surface area (Å²) in [7, 11) is 1.61. The Morgan fingerprint density at radius 1 is 1.07 bits per heavy atom. The molecule has 0 saturated carbocycles. The molecule has 43 heavy (non-hydrogen) atoms. The zero-order valence-corrected chi connectivity index (χ0v) is 23.5. The van der Waals surface area contributed by atoms with Gasteiger partial charge >= 0.3 is 6.09 Å². The van der Waals surface area contributed by atoms with Crippen LogP contribution < -0.4 is 9.47 Å². The lowest BCUT2D eigenvalue weighted by Gasteiger charge is -2.34. The van der Waals surface area contributed by atoms with Crippen molar-refractivity contribution in [3.8, 4) is 22.9 Å². The molecule has 1 aliphatic heterocycles. The fourth-order valence-corrected chi connectivity index (χ4v) is 5.04. The van der Waals surface area contributed by atoms with Crippen LogP contribution in [0, 0.1) is 5.82 Å². The third kappa shape index (κ3) is 6.36. The highest BCUT2D eigenvalue weighted by atomic mass is 19.1. The van der Waals surface area contributed by atoms with Gasteiger partial charge in [-0.1, -0.05) is 36.4 Å². The Bertz CT molecular complexity index is 1730. The number of aromatic nitrogens is 3. The average molecular weight is 589 g/mol. The van der Waals surface area contributed by atoms with Gasteiger partial charge in [0.2, 0.25) is 0 Å². The van der Waals surface area contributed by atoms with E-state index in [-0.39, 0.29) is 31.9 Å². The van der Waals surface area contributed by atoms with Gasteiger partial charge in [-0.3, -0.25) is 4.40 Å². The first kappa shape index (κ1) is 28.4. The number of methoxy groups -OCH3 is 1. The number of ether oxygens (including phenoxy) is 4. The number of piperidine rings is 1. The minimum Gasteiger partial charge on any atom is -0.491 e. The van der Waals surface area contributed by atoms with E-state index in [1.807, 2.05) is 53.1 Å². The van der Waals surface area contributed by atoms with Gasteiger partial charge in [0.05, 0.1) is 30.7 Å². The number of nitrogens with zero attached hydrogens (tertiary/aromatic N) is 4. The van der Waals surface area contributed by atoms with Gasteiger partial charge in [-0.15, -0.1) is 0 Å². The number of halogens is 2. The predicted octanol–water partition coefficient (Wildman–Crippen LogP) is 5.84. The van der Waals surface area contributed by atoms with Gasteiger partial charge in [-0.2, -0.15) is 0 Å². The van der Waals surface area contributed by atoms with E-state index in [1.165, 1.54) is 17.0 Å². The largest absolute Gasteiger partial charge is 0.491 e. The highest BCUT2D eigenvalue weighted by Crippen LogP contribution is 2.32. The molecule has 6 rings (SSSR count). The highest BCUT2D eigenvalue weighted by Gasteiger charge is 2.34. The topological polar surface area (TPSA) is 87.4 Å². The Morgan fingerprint density at radius 2 is 1.93 bits per heavy atom. The monoisotopic (exact) mass is 588 g/mol. The third-order valence-corrected chi connectivity index (χ3v) is 7.25. The normalized spacial score (nSPS) is 16.9. The number of alkyl halides is 1. The summed E-state index contributed by atoms with van der Waals surface area (Å²) in [5.41, 5.74) is 3.19. The summed E-state index contributed by atoms with van der Waals surface area (Å²) < 4.78 is 53.8. The van der Waals surface area contributed by atoms with E-state index in [9.17, 15) is 9.18 Å². The molecule has 222 valence electrons. The second-order valence-corrected chi connectivity index (χ2v) is 10.2. The molecule has 0 radical (unpaired) electrons. The zero-order valence-electron chi connectivity index (χ0n) is 23.5. The number of hydrogen-bond acceptors (Lipinski definition) is 7. The molecule has 0 unspecified atom stereocenters. The van der Waals surface area contributed by atoms with Crippen molar-refractivity contribution in [1.29, 1.82) is 0 Å². The average Bonchev–Trinajstić information content (AvgIpc) is 3.44. The first-order chi connectivity index (χ1) is 21.0. The first-order valence-corrected chi connectivity index (χ1v) is 13.9. The van der Waals surface area contributed by atoms with Crippen molar-refractivity contribution in [3.05, 3.63) is 90.5 Å². The molecule has 0 N–H and O–H groups in total. The van der Waals surface area contributed by atoms with Crippen LogP contribution >= 0.6 is 0 Å². The molecule has 0 bridgehead atoms. The van der Waals surface area contributed by atoms with Crippen molar-refractivity contribution in [2.24, 2.45) is 0 Å². The van der Waals surface area contributed by atoms with Gasteiger partial charge in [-0.05, 0) is 23.8 Å². The number of carbonyl (C=O) groups excluding carboxylic acids is 1. The lowest BCUT2D eigenvalue weighted by Crippen LogP contribution is -2.49. The smallest absolute Gasteiger partial charge is 0.410 e. The molecule has 1 fully saturated rings. The van der Waals surface area contributed by atoms with E-state index in [1.54, 1.807) is 25.4 Å². The lowest BCUT2D eigenvalue weighted by molar-refractivity contribution is 0.0152. The molecule has 9 nitrogen and oxygen atoms in total. The van der Waals surface area contributed by atoms with E-state index in [2.05, 4.69) is 4.98 Å². The zero-order chi connectivity index (χ0) is 29.8. The number of amides is 1. The quantitative estimate of drug-likeness (QED) is 0.200. The number of hydrogen-bond donors (Lipinski definition) is 0. The molecule has 1 amide bonds. The molecule has 11 heteroatoms. The van der Waals surface area contributed by atoms with E-state index in [0.717, 1.165) is 5.56 Å². The molecule has 4 heterocycles. The van der Waals surface area contributed by atoms with Crippen LogP contribution in [-0.4, -0.2) is 71.1 Å². The predicted molar refractivity (Wildman–Crippen MR) is 155 cm³/mol. The van der Waals surface area contributed by atoms with Crippen LogP contribution in [0.15, 0.2) is 79.1 Å². The second kappa shape index (κ2) is 12.6. The van der Waals surface area contributed by atoms with Crippen LogP contribution in [0.1, 0.15) is 12.0 Å². The van der Waals surface area contributed by atoms with Gasteiger partial charge in [0.1, 0.15) is 47.8 Å². The second-order valence-electron chi connectivity index (χ2n) is 10.2. The van der Waals surface area contributed by atoms with Crippen molar-refractivity contribution in [2.45, 2.75) is 25.3 Å². The number of benzene rings is 2. The number of carbonyl (C=O) groups is 1. The molecule has 1 saturated heterocycles. The number of pyridine rings is 2. The van der Waals surface area contributed by atoms with E-state index in [0.29, 0.717) is 46.9 Å². The van der Waals surface area contributed by atoms with Crippen molar-refractivity contribution < 1.29 is 32.5 Å². The maximum atomic E-state index is 15.3. The van der Waals surface area contributed by atoms with Crippen LogP contribution in [0.2, 0.25) is 0 Å². The van der Waals surface area contributed by atoms with Crippen LogP contribution in [-0.2, 0) is 16.1 Å². The summed E-state index contributed by atoms with van der Waals surface area (Å²) in [6, 6.07) is 19.0. The summed E-state index contributed by atoms with van der Waals surface area (Å²) in [6.45, 7) is 1.04. The summed E-state index contributed by atoms with van der Waals surface area (Å²) in [6.07, 6.45) is 0.756. The Labute approximate surface area is 246 Å². The van der Waals surface area contributed by atoms with Crippen LogP contribution in [0.5, 0.6) is 11.5 Å². The van der Waals surface area contributed by atoms with Crippen LogP contribution in [0.25, 0.3) is 27.9 Å². The van der Waals surface area contributed by atoms with Crippen LogP contribution in [0.3, 0.4) is 0 Å². The Balaban J connectivity index is 1.18. The number of likely N-dealkylation sites (tertiary alicyclic amines) is 1. The minimum absolute atomic E-state index is 0.103. The van der Waals surface area contributed by atoms with Gasteiger partial charge in [-0.25, -0.2) is 23.5 Å². The fourth-order valence-electron chi connectivity index (χ4n) is 5.04. The number of imidazole rings is 1. The van der Waals surface area contributed by atoms with E-state index < -0.39 is 24.2 Å². The molecule has 2 atom stereocenters. The fraction of sp³-hybridized carbons (Fsp3) is 0.281. The molecular weight excluding hydrogens is 558 g/mol. The standard InChI is InChI=1S/C32H30F2N4O5/c1-40-13-14-41-24-9-12-38-27(18-35-30(38)17-24)26-8-7-22-15-23(33)16-29(31(22)36-26)43-28-10-11-37(19-25(28)34)32(39)42-20-21-5-3-2-4-6-21/h2-9,12,15-18,25,28H,10-11,13-14,19-20H2,1H3/t25-,28+/m1/s1. The summed E-state index contributed by atoms with van der Waals surface area (Å²) in [5, 5.41) is 0.513. The molecule has 5 aromatic rings.